The Morgan fingerprint density at radius 1 is 1.19 bits per heavy atom. The molecule has 0 radical (unpaired) electrons. The molecule has 2 atom stereocenters. The molecule has 2 aromatic rings. The van der Waals surface area contributed by atoms with E-state index in [1.165, 1.54) is 4.31 Å². The third-order valence-corrected chi connectivity index (χ3v) is 6.57. The number of ether oxygens (including phenoxy) is 3. The number of nitrogens with one attached hydrogen (secondary N) is 1. The Morgan fingerprint density at radius 3 is 2.65 bits per heavy atom. The fourth-order valence-corrected chi connectivity index (χ4v) is 4.92. The third kappa shape index (κ3) is 4.27. The van der Waals surface area contributed by atoms with Gasteiger partial charge in [-0.05, 0) is 38.1 Å². The van der Waals surface area contributed by atoms with E-state index >= 15 is 0 Å². The number of methoxy groups -OCH3 is 1. The van der Waals surface area contributed by atoms with Crippen molar-refractivity contribution >= 4 is 21.6 Å². The highest BCUT2D eigenvalue weighted by Gasteiger charge is 2.39. The van der Waals surface area contributed by atoms with Crippen molar-refractivity contribution in [3.05, 3.63) is 48.0 Å². The predicted octanol–water partition coefficient (Wildman–Crippen LogP) is 2.64. The van der Waals surface area contributed by atoms with Crippen LogP contribution < -0.4 is 23.8 Å². The van der Waals surface area contributed by atoms with E-state index in [0.29, 0.717) is 29.4 Å². The van der Waals surface area contributed by atoms with E-state index in [4.69, 9.17) is 14.2 Å². The van der Waals surface area contributed by atoms with E-state index < -0.39 is 21.7 Å². The summed E-state index contributed by atoms with van der Waals surface area (Å²) in [6, 6.07) is 12.0. The summed E-state index contributed by atoms with van der Waals surface area (Å²) in [5.41, 5.74) is 0.763. The SMILES string of the molecule is COc1ccc2c(c1)OC(C)(C)C[C@@H]2NC(=O)[C@@H]1CN(S(C)(=O)=O)c2ccccc2O1. The van der Waals surface area contributed by atoms with E-state index in [1.807, 2.05) is 26.0 Å². The largest absolute Gasteiger partial charge is 0.497 e. The van der Waals surface area contributed by atoms with Crippen molar-refractivity contribution in [1.82, 2.24) is 5.32 Å². The summed E-state index contributed by atoms with van der Waals surface area (Å²) in [7, 11) is -1.99. The van der Waals surface area contributed by atoms with Gasteiger partial charge in [0, 0.05) is 18.1 Å². The van der Waals surface area contributed by atoms with Crippen LogP contribution in [0.5, 0.6) is 17.2 Å². The van der Waals surface area contributed by atoms with Crippen LogP contribution in [-0.2, 0) is 14.8 Å². The van der Waals surface area contributed by atoms with Gasteiger partial charge in [-0.3, -0.25) is 9.10 Å². The van der Waals surface area contributed by atoms with Crippen molar-refractivity contribution in [1.29, 1.82) is 0 Å². The standard InChI is InChI=1S/C22H26N2O6S/c1-22(2)12-16(15-10-9-14(28-3)11-19(15)30-22)23-21(25)20-13-24(31(4,26)27)17-7-5-6-8-18(17)29-20/h5-11,16,20H,12-13H2,1-4H3,(H,23,25)/t16-,20-/m0/s1. The molecule has 0 unspecified atom stereocenters. The summed E-state index contributed by atoms with van der Waals surface area (Å²) < 4.78 is 43.1. The quantitative estimate of drug-likeness (QED) is 0.776. The molecule has 1 N–H and O–H groups in total. The van der Waals surface area contributed by atoms with E-state index in [9.17, 15) is 13.2 Å². The Morgan fingerprint density at radius 2 is 1.94 bits per heavy atom. The molecular formula is C22H26N2O6S. The second kappa shape index (κ2) is 7.64. The fraction of sp³-hybridized carbons (Fsp3) is 0.409. The van der Waals surface area contributed by atoms with Gasteiger partial charge >= 0.3 is 0 Å². The number of benzene rings is 2. The molecule has 0 saturated heterocycles. The maximum atomic E-state index is 13.2. The Balaban J connectivity index is 1.60. The maximum Gasteiger partial charge on any atom is 0.263 e. The normalized spacial score (nSPS) is 21.7. The average molecular weight is 447 g/mol. The smallest absolute Gasteiger partial charge is 0.263 e. The maximum absolute atomic E-state index is 13.2. The van der Waals surface area contributed by atoms with Gasteiger partial charge in [0.1, 0.15) is 22.8 Å². The van der Waals surface area contributed by atoms with Crippen LogP contribution in [0, 0.1) is 0 Å². The molecular weight excluding hydrogens is 420 g/mol. The van der Waals surface area contributed by atoms with Crippen LogP contribution in [0.1, 0.15) is 31.9 Å². The molecule has 0 fully saturated rings. The summed E-state index contributed by atoms with van der Waals surface area (Å²) in [5.74, 6) is 1.29. The van der Waals surface area contributed by atoms with Crippen LogP contribution in [-0.4, -0.2) is 45.9 Å². The van der Waals surface area contributed by atoms with E-state index in [0.717, 1.165) is 11.8 Å². The molecule has 9 heteroatoms. The van der Waals surface area contributed by atoms with Crippen molar-refractivity contribution in [2.24, 2.45) is 0 Å². The highest BCUT2D eigenvalue weighted by atomic mass is 32.2. The molecule has 4 rings (SSSR count). The van der Waals surface area contributed by atoms with Crippen molar-refractivity contribution in [3.8, 4) is 17.2 Å². The van der Waals surface area contributed by atoms with Crippen molar-refractivity contribution in [2.75, 3.05) is 24.2 Å². The van der Waals surface area contributed by atoms with Gasteiger partial charge in [0.2, 0.25) is 10.0 Å². The van der Waals surface area contributed by atoms with Crippen molar-refractivity contribution in [2.45, 2.75) is 38.0 Å². The number of fused-ring (bicyclic) bond motifs is 2. The van der Waals surface area contributed by atoms with Crippen LogP contribution in [0.4, 0.5) is 5.69 Å². The molecule has 1 amide bonds. The second-order valence-electron chi connectivity index (χ2n) is 8.40. The number of hydrogen-bond donors (Lipinski definition) is 1. The Bertz CT molecular complexity index is 1110. The Kier molecular flexibility index (Phi) is 5.25. The second-order valence-corrected chi connectivity index (χ2v) is 10.3. The number of carbonyl (C=O) groups is 1. The highest BCUT2D eigenvalue weighted by molar-refractivity contribution is 7.92. The molecule has 31 heavy (non-hydrogen) atoms. The summed E-state index contributed by atoms with van der Waals surface area (Å²) in [6.07, 6.45) is 0.698. The summed E-state index contributed by atoms with van der Waals surface area (Å²) in [4.78, 5) is 13.2. The minimum absolute atomic E-state index is 0.0935. The highest BCUT2D eigenvalue weighted by Crippen LogP contribution is 2.41. The molecule has 2 aliphatic rings. The molecule has 2 aromatic carbocycles. The van der Waals surface area contributed by atoms with Gasteiger partial charge in [0.05, 0.1) is 31.6 Å². The monoisotopic (exact) mass is 446 g/mol. The predicted molar refractivity (Wildman–Crippen MR) is 116 cm³/mol. The number of hydrogen-bond acceptors (Lipinski definition) is 6. The van der Waals surface area contributed by atoms with Crippen molar-refractivity contribution < 1.29 is 27.4 Å². The van der Waals surface area contributed by atoms with Crippen LogP contribution in [0.25, 0.3) is 0 Å². The van der Waals surface area contributed by atoms with Crippen LogP contribution in [0.3, 0.4) is 0 Å². The zero-order valence-corrected chi connectivity index (χ0v) is 18.7. The van der Waals surface area contributed by atoms with Gasteiger partial charge in [-0.15, -0.1) is 0 Å². The number of amides is 1. The number of carbonyl (C=O) groups excluding carboxylic acids is 1. The van der Waals surface area contributed by atoms with Gasteiger partial charge in [-0.25, -0.2) is 8.42 Å². The first-order valence-electron chi connectivity index (χ1n) is 9.98. The Labute approximate surface area is 182 Å². The van der Waals surface area contributed by atoms with Gasteiger partial charge in [0.25, 0.3) is 5.91 Å². The molecule has 0 bridgehead atoms. The fourth-order valence-electron chi connectivity index (χ4n) is 4.01. The lowest BCUT2D eigenvalue weighted by Crippen LogP contribution is -2.52. The number of para-hydroxylation sites is 2. The average Bonchev–Trinajstić information content (AvgIpc) is 2.70. The van der Waals surface area contributed by atoms with Gasteiger partial charge in [0.15, 0.2) is 6.10 Å². The van der Waals surface area contributed by atoms with Crippen LogP contribution >= 0.6 is 0 Å². The zero-order valence-electron chi connectivity index (χ0n) is 17.9. The summed E-state index contributed by atoms with van der Waals surface area (Å²) >= 11 is 0. The van der Waals surface area contributed by atoms with Gasteiger partial charge in [-0.1, -0.05) is 12.1 Å². The lowest BCUT2D eigenvalue weighted by Gasteiger charge is -2.39. The van der Waals surface area contributed by atoms with Gasteiger partial charge in [-0.2, -0.15) is 0 Å². The molecule has 0 spiro atoms. The van der Waals surface area contributed by atoms with Crippen LogP contribution in [0.2, 0.25) is 0 Å². The first kappa shape index (κ1) is 21.3. The minimum Gasteiger partial charge on any atom is -0.497 e. The first-order chi connectivity index (χ1) is 14.6. The lowest BCUT2D eigenvalue weighted by atomic mass is 9.89. The van der Waals surface area contributed by atoms with E-state index in [2.05, 4.69) is 5.32 Å². The Hall–Kier alpha value is -2.94. The summed E-state index contributed by atoms with van der Waals surface area (Å²) in [5, 5.41) is 3.03. The first-order valence-corrected chi connectivity index (χ1v) is 11.8. The topological polar surface area (TPSA) is 94.2 Å². The lowest BCUT2D eigenvalue weighted by molar-refractivity contribution is -0.129. The van der Waals surface area contributed by atoms with E-state index in [-0.39, 0.29) is 18.5 Å². The van der Waals surface area contributed by atoms with E-state index in [1.54, 1.807) is 37.4 Å². The molecule has 166 valence electrons. The van der Waals surface area contributed by atoms with Crippen molar-refractivity contribution in [3.63, 3.8) is 0 Å². The number of nitrogens with zero attached hydrogens (tertiary/aromatic N) is 1. The zero-order chi connectivity index (χ0) is 22.4. The molecule has 0 aromatic heterocycles. The number of rotatable bonds is 4. The molecule has 2 heterocycles. The summed E-state index contributed by atoms with van der Waals surface area (Å²) in [6.45, 7) is 3.81. The number of anilines is 1. The van der Waals surface area contributed by atoms with Crippen LogP contribution in [0.15, 0.2) is 42.5 Å². The number of sulfonamides is 1. The third-order valence-electron chi connectivity index (χ3n) is 5.42. The molecule has 2 aliphatic heterocycles. The molecule has 0 saturated carbocycles. The molecule has 0 aliphatic carbocycles. The van der Waals surface area contributed by atoms with Gasteiger partial charge < -0.3 is 19.5 Å². The molecule has 8 nitrogen and oxygen atoms in total. The minimum atomic E-state index is -3.57.